The Morgan fingerprint density at radius 1 is 0.909 bits per heavy atom. The second-order valence-corrected chi connectivity index (χ2v) is 7.08. The van der Waals surface area contributed by atoms with Crippen LogP contribution in [0.5, 0.6) is 0 Å². The van der Waals surface area contributed by atoms with E-state index in [-0.39, 0.29) is 15.7 Å². The molecule has 8 heteroatoms. The van der Waals surface area contributed by atoms with Gasteiger partial charge >= 0.3 is 0 Å². The molecule has 2 rings (SSSR count). The highest BCUT2D eigenvalue weighted by molar-refractivity contribution is 7.98. The van der Waals surface area contributed by atoms with Crippen LogP contribution in [0, 0.1) is 0 Å². The van der Waals surface area contributed by atoms with Gasteiger partial charge in [-0.3, -0.25) is 4.79 Å². The molecule has 0 fully saturated rings. The van der Waals surface area contributed by atoms with Crippen molar-refractivity contribution >= 4 is 81.4 Å². The zero-order valence-electron chi connectivity index (χ0n) is 11.0. The van der Waals surface area contributed by atoms with Crippen LogP contribution in [0.25, 0.3) is 0 Å². The molecule has 0 atom stereocenters. The highest BCUT2D eigenvalue weighted by atomic mass is 35.5. The lowest BCUT2D eigenvalue weighted by Gasteiger charge is -2.13. The van der Waals surface area contributed by atoms with Gasteiger partial charge in [0, 0.05) is 14.9 Å². The van der Waals surface area contributed by atoms with Crippen molar-refractivity contribution in [2.24, 2.45) is 0 Å². The van der Waals surface area contributed by atoms with Gasteiger partial charge in [-0.2, -0.15) is 0 Å². The Labute approximate surface area is 157 Å². The number of carbonyl (C=O) groups is 1. The SMILES string of the molecule is CSc1c(Cl)cc(Cl)cc1C(=O)Nc1c(Cl)cc(Cl)cc1Cl. The molecule has 0 bridgehead atoms. The molecule has 0 saturated carbocycles. The fraction of sp³-hybridized carbons (Fsp3) is 0.0714. The summed E-state index contributed by atoms with van der Waals surface area (Å²) in [5.74, 6) is -0.417. The summed E-state index contributed by atoms with van der Waals surface area (Å²) in [6.07, 6.45) is 1.81. The quantitative estimate of drug-likeness (QED) is 0.551. The maximum absolute atomic E-state index is 12.5. The number of benzene rings is 2. The monoisotopic (exact) mass is 413 g/mol. The Balaban J connectivity index is 2.43. The first kappa shape index (κ1) is 18.1. The number of halogens is 5. The molecule has 0 spiro atoms. The van der Waals surface area contributed by atoms with E-state index >= 15 is 0 Å². The van der Waals surface area contributed by atoms with E-state index in [2.05, 4.69) is 5.32 Å². The van der Waals surface area contributed by atoms with Gasteiger partial charge in [0.1, 0.15) is 0 Å². The third-order valence-electron chi connectivity index (χ3n) is 2.70. The van der Waals surface area contributed by atoms with E-state index in [9.17, 15) is 4.79 Å². The molecule has 0 heterocycles. The van der Waals surface area contributed by atoms with Gasteiger partial charge in [-0.1, -0.05) is 58.0 Å². The van der Waals surface area contributed by atoms with E-state index in [4.69, 9.17) is 58.0 Å². The summed E-state index contributed by atoms with van der Waals surface area (Å²) in [7, 11) is 0. The van der Waals surface area contributed by atoms with Crippen molar-refractivity contribution < 1.29 is 4.79 Å². The molecule has 116 valence electrons. The predicted molar refractivity (Wildman–Crippen MR) is 97.7 cm³/mol. The van der Waals surface area contributed by atoms with E-state index in [0.29, 0.717) is 25.5 Å². The van der Waals surface area contributed by atoms with Crippen molar-refractivity contribution in [1.82, 2.24) is 0 Å². The third-order valence-corrected chi connectivity index (χ3v) is 4.99. The van der Waals surface area contributed by atoms with Crippen molar-refractivity contribution in [2.75, 3.05) is 11.6 Å². The average molecular weight is 416 g/mol. The van der Waals surface area contributed by atoms with Gasteiger partial charge < -0.3 is 5.32 Å². The van der Waals surface area contributed by atoms with Crippen LogP contribution in [0.15, 0.2) is 29.2 Å². The Morgan fingerprint density at radius 2 is 1.41 bits per heavy atom. The Bertz CT molecular complexity index is 727. The highest BCUT2D eigenvalue weighted by Gasteiger charge is 2.18. The molecular formula is C14H8Cl5NOS. The van der Waals surface area contributed by atoms with Gasteiger partial charge in [-0.05, 0) is 30.5 Å². The first-order valence-corrected chi connectivity index (χ1v) is 8.94. The molecule has 0 aliphatic heterocycles. The second-order valence-electron chi connectivity index (χ2n) is 4.17. The van der Waals surface area contributed by atoms with Crippen LogP contribution in [0.4, 0.5) is 5.69 Å². The summed E-state index contributed by atoms with van der Waals surface area (Å²) in [4.78, 5) is 13.1. The fourth-order valence-corrected chi connectivity index (χ4v) is 4.04. The van der Waals surface area contributed by atoms with Crippen molar-refractivity contribution in [1.29, 1.82) is 0 Å². The van der Waals surface area contributed by atoms with E-state index in [1.54, 1.807) is 6.07 Å². The lowest BCUT2D eigenvalue weighted by atomic mass is 10.2. The van der Waals surface area contributed by atoms with Crippen LogP contribution in [0.2, 0.25) is 25.1 Å². The van der Waals surface area contributed by atoms with Crippen molar-refractivity contribution in [3.8, 4) is 0 Å². The van der Waals surface area contributed by atoms with E-state index in [0.717, 1.165) is 0 Å². The number of hydrogen-bond acceptors (Lipinski definition) is 2. The van der Waals surface area contributed by atoms with Crippen LogP contribution in [0.1, 0.15) is 10.4 Å². The smallest absolute Gasteiger partial charge is 0.256 e. The van der Waals surface area contributed by atoms with E-state index < -0.39 is 5.91 Å². The molecule has 1 amide bonds. The molecule has 0 aliphatic carbocycles. The zero-order chi connectivity index (χ0) is 16.4. The number of thioether (sulfide) groups is 1. The van der Waals surface area contributed by atoms with Crippen molar-refractivity contribution in [3.05, 3.63) is 54.9 Å². The molecule has 2 nitrogen and oxygen atoms in total. The van der Waals surface area contributed by atoms with Gasteiger partial charge in [0.25, 0.3) is 5.91 Å². The van der Waals surface area contributed by atoms with Crippen LogP contribution in [-0.2, 0) is 0 Å². The number of anilines is 1. The van der Waals surface area contributed by atoms with Gasteiger partial charge in [0.2, 0.25) is 0 Å². The minimum atomic E-state index is -0.417. The predicted octanol–water partition coefficient (Wildman–Crippen LogP) is 6.93. The maximum Gasteiger partial charge on any atom is 0.256 e. The molecule has 0 saturated heterocycles. The van der Waals surface area contributed by atoms with Crippen molar-refractivity contribution in [2.45, 2.75) is 4.90 Å². The molecule has 0 radical (unpaired) electrons. The highest BCUT2D eigenvalue weighted by Crippen LogP contribution is 2.36. The van der Waals surface area contributed by atoms with E-state index in [1.165, 1.54) is 30.0 Å². The average Bonchev–Trinajstić information content (AvgIpc) is 2.41. The number of carbonyl (C=O) groups excluding carboxylic acids is 1. The lowest BCUT2D eigenvalue weighted by Crippen LogP contribution is -2.14. The van der Waals surface area contributed by atoms with Crippen LogP contribution in [-0.4, -0.2) is 12.2 Å². The Kier molecular flexibility index (Phi) is 6.17. The third kappa shape index (κ3) is 3.97. The number of hydrogen-bond donors (Lipinski definition) is 1. The summed E-state index contributed by atoms with van der Waals surface area (Å²) in [5.41, 5.74) is 0.618. The summed E-state index contributed by atoms with van der Waals surface area (Å²) < 4.78 is 0. The summed E-state index contributed by atoms with van der Waals surface area (Å²) >= 11 is 31.4. The van der Waals surface area contributed by atoms with Crippen LogP contribution >= 0.6 is 69.8 Å². The number of rotatable bonds is 3. The standard InChI is InChI=1S/C14H8Cl5NOS/c1-22-13-8(2-6(15)5-11(13)19)14(21)20-12-9(17)3-7(16)4-10(12)18/h2-5H,1H3,(H,20,21). The largest absolute Gasteiger partial charge is 0.319 e. The summed E-state index contributed by atoms with van der Waals surface area (Å²) in [6, 6.07) is 6.09. The number of amides is 1. The van der Waals surface area contributed by atoms with Gasteiger partial charge in [-0.25, -0.2) is 0 Å². The summed E-state index contributed by atoms with van der Waals surface area (Å²) in [6.45, 7) is 0. The maximum atomic E-state index is 12.5. The Morgan fingerprint density at radius 3 is 1.95 bits per heavy atom. The molecule has 2 aromatic rings. The lowest BCUT2D eigenvalue weighted by molar-refractivity contribution is 0.102. The van der Waals surface area contributed by atoms with E-state index in [1.807, 2.05) is 6.26 Å². The summed E-state index contributed by atoms with van der Waals surface area (Å²) in [5, 5.41) is 4.28. The molecule has 0 unspecified atom stereocenters. The van der Waals surface area contributed by atoms with Gasteiger partial charge in [0.15, 0.2) is 0 Å². The first-order chi connectivity index (χ1) is 10.3. The molecule has 0 aromatic heterocycles. The normalized spacial score (nSPS) is 10.6. The molecule has 22 heavy (non-hydrogen) atoms. The minimum absolute atomic E-state index is 0.240. The molecular weight excluding hydrogens is 407 g/mol. The van der Waals surface area contributed by atoms with Crippen molar-refractivity contribution in [3.63, 3.8) is 0 Å². The minimum Gasteiger partial charge on any atom is -0.319 e. The second kappa shape index (κ2) is 7.52. The van der Waals surface area contributed by atoms with Gasteiger partial charge in [0.05, 0.1) is 26.3 Å². The van der Waals surface area contributed by atoms with Crippen LogP contribution < -0.4 is 5.32 Å². The molecule has 1 N–H and O–H groups in total. The first-order valence-electron chi connectivity index (χ1n) is 5.82. The molecule has 0 aliphatic rings. The van der Waals surface area contributed by atoms with Crippen LogP contribution in [0.3, 0.4) is 0 Å². The topological polar surface area (TPSA) is 29.1 Å². The molecule has 2 aromatic carbocycles. The fourth-order valence-electron chi connectivity index (χ4n) is 1.78. The zero-order valence-corrected chi connectivity index (χ0v) is 15.6. The van der Waals surface area contributed by atoms with Gasteiger partial charge in [-0.15, -0.1) is 11.8 Å². The Hall–Kier alpha value is -0.290. The number of nitrogens with one attached hydrogen (secondary N) is 1.